The van der Waals surface area contributed by atoms with Crippen molar-refractivity contribution in [1.82, 2.24) is 9.55 Å². The van der Waals surface area contributed by atoms with Gasteiger partial charge in [0.2, 0.25) is 0 Å². The first-order valence-corrected chi connectivity index (χ1v) is 5.84. The van der Waals surface area contributed by atoms with E-state index >= 15 is 0 Å². The standard InChI is InChI=1S/C11H17N3O4/c1-2-11(6-15)7(16)5-9(18-11)14-4-3-8(12)13-10(14)17/h3-4,7,9,15-16H,2,5-6H2,1H3,(H2,12,13,17). The molecule has 2 heterocycles. The van der Waals surface area contributed by atoms with Crippen LogP contribution in [-0.4, -0.2) is 38.1 Å². The molecule has 0 bridgehead atoms. The molecule has 1 aliphatic heterocycles. The van der Waals surface area contributed by atoms with Crippen LogP contribution < -0.4 is 11.4 Å². The van der Waals surface area contributed by atoms with Crippen LogP contribution in [0.25, 0.3) is 0 Å². The fourth-order valence-corrected chi connectivity index (χ4v) is 2.19. The molecular formula is C11H17N3O4. The van der Waals surface area contributed by atoms with Crippen LogP contribution in [0.3, 0.4) is 0 Å². The largest absolute Gasteiger partial charge is 0.393 e. The maximum Gasteiger partial charge on any atom is 0.351 e. The van der Waals surface area contributed by atoms with Gasteiger partial charge in [-0.3, -0.25) is 4.57 Å². The van der Waals surface area contributed by atoms with Gasteiger partial charge in [0.05, 0.1) is 12.7 Å². The molecule has 100 valence electrons. The van der Waals surface area contributed by atoms with E-state index in [1.54, 1.807) is 0 Å². The van der Waals surface area contributed by atoms with Gasteiger partial charge in [-0.25, -0.2) is 4.79 Å². The highest BCUT2D eigenvalue weighted by molar-refractivity contribution is 5.23. The molecule has 3 atom stereocenters. The number of aliphatic hydroxyl groups is 2. The van der Waals surface area contributed by atoms with Gasteiger partial charge in [0.25, 0.3) is 0 Å². The summed E-state index contributed by atoms with van der Waals surface area (Å²) in [6, 6.07) is 1.49. The molecule has 0 aromatic carbocycles. The third-order valence-corrected chi connectivity index (χ3v) is 3.43. The van der Waals surface area contributed by atoms with Gasteiger partial charge in [-0.05, 0) is 12.5 Å². The molecule has 1 fully saturated rings. The lowest BCUT2D eigenvalue weighted by Gasteiger charge is -2.28. The van der Waals surface area contributed by atoms with Crippen molar-refractivity contribution in [3.8, 4) is 0 Å². The summed E-state index contributed by atoms with van der Waals surface area (Å²) >= 11 is 0. The van der Waals surface area contributed by atoms with Crippen molar-refractivity contribution in [2.45, 2.75) is 37.7 Å². The lowest BCUT2D eigenvalue weighted by molar-refractivity contribution is -0.130. The lowest BCUT2D eigenvalue weighted by atomic mass is 9.95. The number of rotatable bonds is 3. The molecule has 1 aromatic rings. The molecule has 0 aliphatic carbocycles. The molecule has 1 aromatic heterocycles. The van der Waals surface area contributed by atoms with Gasteiger partial charge in [-0.15, -0.1) is 0 Å². The Labute approximate surface area is 104 Å². The second-order valence-electron chi connectivity index (χ2n) is 4.44. The summed E-state index contributed by atoms with van der Waals surface area (Å²) in [5.74, 6) is 0.138. The zero-order chi connectivity index (χ0) is 13.3. The second-order valence-corrected chi connectivity index (χ2v) is 4.44. The van der Waals surface area contributed by atoms with Crippen molar-refractivity contribution < 1.29 is 14.9 Å². The molecule has 1 saturated heterocycles. The van der Waals surface area contributed by atoms with Crippen LogP contribution >= 0.6 is 0 Å². The molecule has 7 heteroatoms. The topological polar surface area (TPSA) is 111 Å². The van der Waals surface area contributed by atoms with Gasteiger partial charge in [-0.2, -0.15) is 4.98 Å². The van der Waals surface area contributed by atoms with Gasteiger partial charge in [-0.1, -0.05) is 6.92 Å². The van der Waals surface area contributed by atoms with Crippen molar-refractivity contribution in [3.63, 3.8) is 0 Å². The van der Waals surface area contributed by atoms with Crippen LogP contribution in [0.15, 0.2) is 17.1 Å². The monoisotopic (exact) mass is 255 g/mol. The number of ether oxygens (including phenoxy) is 1. The average molecular weight is 255 g/mol. The quantitative estimate of drug-likeness (QED) is 0.655. The number of aromatic nitrogens is 2. The predicted octanol–water partition coefficient (Wildman–Crippen LogP) is -0.754. The van der Waals surface area contributed by atoms with E-state index in [1.165, 1.54) is 16.8 Å². The van der Waals surface area contributed by atoms with Crippen LogP contribution in [0.5, 0.6) is 0 Å². The van der Waals surface area contributed by atoms with E-state index < -0.39 is 23.6 Å². The Morgan fingerprint density at radius 1 is 1.72 bits per heavy atom. The average Bonchev–Trinajstić information content (AvgIpc) is 2.67. The zero-order valence-corrected chi connectivity index (χ0v) is 10.1. The Balaban J connectivity index is 2.30. The number of hydrogen-bond acceptors (Lipinski definition) is 6. The summed E-state index contributed by atoms with van der Waals surface area (Å²) in [4.78, 5) is 15.3. The van der Waals surface area contributed by atoms with E-state index in [-0.39, 0.29) is 18.8 Å². The maximum absolute atomic E-state index is 11.7. The Morgan fingerprint density at radius 2 is 2.44 bits per heavy atom. The van der Waals surface area contributed by atoms with Crippen LogP contribution in [0.4, 0.5) is 5.82 Å². The van der Waals surface area contributed by atoms with Crippen LogP contribution in [0, 0.1) is 0 Å². The molecule has 3 unspecified atom stereocenters. The first-order valence-electron chi connectivity index (χ1n) is 5.84. The summed E-state index contributed by atoms with van der Waals surface area (Å²) < 4.78 is 6.92. The summed E-state index contributed by atoms with van der Waals surface area (Å²) in [7, 11) is 0. The fraction of sp³-hybridized carbons (Fsp3) is 0.636. The Bertz CT molecular complexity index is 483. The minimum atomic E-state index is -1.01. The van der Waals surface area contributed by atoms with Crippen molar-refractivity contribution in [2.24, 2.45) is 0 Å². The van der Waals surface area contributed by atoms with E-state index in [1.807, 2.05) is 6.92 Å². The Morgan fingerprint density at radius 3 is 2.94 bits per heavy atom. The first-order chi connectivity index (χ1) is 8.52. The van der Waals surface area contributed by atoms with Gasteiger partial charge in [0.1, 0.15) is 17.6 Å². The Kier molecular flexibility index (Phi) is 3.38. The minimum absolute atomic E-state index is 0.138. The molecular weight excluding hydrogens is 238 g/mol. The SMILES string of the molecule is CCC1(CO)OC(n2ccc(N)nc2=O)CC1O. The van der Waals surface area contributed by atoms with Crippen LogP contribution in [0.2, 0.25) is 0 Å². The molecule has 4 N–H and O–H groups in total. The number of nitrogens with two attached hydrogens (primary N) is 1. The number of anilines is 1. The summed E-state index contributed by atoms with van der Waals surface area (Å²) in [5, 5.41) is 19.3. The molecule has 1 aliphatic rings. The van der Waals surface area contributed by atoms with E-state index in [0.717, 1.165) is 0 Å². The third-order valence-electron chi connectivity index (χ3n) is 3.43. The molecule has 2 rings (SSSR count). The van der Waals surface area contributed by atoms with Gasteiger partial charge < -0.3 is 20.7 Å². The van der Waals surface area contributed by atoms with E-state index in [0.29, 0.717) is 6.42 Å². The normalized spacial score (nSPS) is 31.7. The summed E-state index contributed by atoms with van der Waals surface area (Å²) in [6.45, 7) is 1.52. The van der Waals surface area contributed by atoms with Crippen LogP contribution in [0.1, 0.15) is 26.0 Å². The second kappa shape index (κ2) is 4.68. The van der Waals surface area contributed by atoms with E-state index in [4.69, 9.17) is 10.5 Å². The number of hydrogen-bond donors (Lipinski definition) is 3. The predicted molar refractivity (Wildman–Crippen MR) is 63.8 cm³/mol. The molecule has 0 radical (unpaired) electrons. The first kappa shape index (κ1) is 13.0. The van der Waals surface area contributed by atoms with E-state index in [2.05, 4.69) is 4.98 Å². The fourth-order valence-electron chi connectivity index (χ4n) is 2.19. The van der Waals surface area contributed by atoms with Crippen LogP contribution in [-0.2, 0) is 4.74 Å². The third kappa shape index (κ3) is 2.00. The number of nitrogens with zero attached hydrogens (tertiary/aromatic N) is 2. The van der Waals surface area contributed by atoms with Crippen molar-refractivity contribution >= 4 is 5.82 Å². The van der Waals surface area contributed by atoms with E-state index in [9.17, 15) is 15.0 Å². The molecule has 0 amide bonds. The zero-order valence-electron chi connectivity index (χ0n) is 10.1. The molecule has 0 spiro atoms. The van der Waals surface area contributed by atoms with Crippen molar-refractivity contribution in [1.29, 1.82) is 0 Å². The van der Waals surface area contributed by atoms with Gasteiger partial charge >= 0.3 is 5.69 Å². The molecule has 0 saturated carbocycles. The van der Waals surface area contributed by atoms with Gasteiger partial charge in [0, 0.05) is 12.6 Å². The van der Waals surface area contributed by atoms with Crippen molar-refractivity contribution in [2.75, 3.05) is 12.3 Å². The number of aliphatic hydroxyl groups excluding tert-OH is 2. The maximum atomic E-state index is 11.7. The summed E-state index contributed by atoms with van der Waals surface area (Å²) in [5.41, 5.74) is 3.87. The number of nitrogen functional groups attached to an aromatic ring is 1. The lowest BCUT2D eigenvalue weighted by Crippen LogP contribution is -2.42. The smallest absolute Gasteiger partial charge is 0.351 e. The Hall–Kier alpha value is -1.44. The molecule has 7 nitrogen and oxygen atoms in total. The highest BCUT2D eigenvalue weighted by atomic mass is 16.6. The van der Waals surface area contributed by atoms with Gasteiger partial charge in [0.15, 0.2) is 0 Å². The highest BCUT2D eigenvalue weighted by Crippen LogP contribution is 2.37. The van der Waals surface area contributed by atoms with Crippen molar-refractivity contribution in [3.05, 3.63) is 22.7 Å². The molecule has 18 heavy (non-hydrogen) atoms. The highest BCUT2D eigenvalue weighted by Gasteiger charge is 2.47. The minimum Gasteiger partial charge on any atom is -0.393 e. The summed E-state index contributed by atoms with van der Waals surface area (Å²) in [6.07, 6.45) is 0.721.